The predicted molar refractivity (Wildman–Crippen MR) is 132 cm³/mol. The Bertz CT molecular complexity index is 1010. The van der Waals surface area contributed by atoms with Crippen LogP contribution in [0.1, 0.15) is 26.3 Å². The topological polar surface area (TPSA) is 48.3 Å². The van der Waals surface area contributed by atoms with E-state index in [-0.39, 0.29) is 5.92 Å². The summed E-state index contributed by atoms with van der Waals surface area (Å²) in [5.41, 5.74) is 3.32. The number of benzene rings is 2. The Morgan fingerprint density at radius 3 is 2.30 bits per heavy atom. The molecule has 0 aliphatic carbocycles. The lowest BCUT2D eigenvalue weighted by molar-refractivity contribution is 0.552. The van der Waals surface area contributed by atoms with Gasteiger partial charge in [-0.2, -0.15) is 4.36 Å². The fraction of sp³-hybridized carbons (Fsp3) is 0.435. The third kappa shape index (κ3) is 6.22. The number of halogens is 1. The van der Waals surface area contributed by atoms with Gasteiger partial charge in [0.2, 0.25) is 0 Å². The number of hydrogen-bond donors (Lipinski definition) is 0. The molecule has 1 unspecified atom stereocenters. The SMILES string of the molecule is CCN(C)/C=N\c1cc(C)c(S(=O)(CC(C)C)=Nc2ccc(N(C)C)cc2)cc1Cl. The van der Waals surface area contributed by atoms with Crippen LogP contribution in [-0.4, -0.2) is 48.9 Å². The van der Waals surface area contributed by atoms with Crippen LogP contribution in [0.4, 0.5) is 17.1 Å². The van der Waals surface area contributed by atoms with Crippen LogP contribution in [0.3, 0.4) is 0 Å². The molecule has 0 spiro atoms. The molecular weight excluding hydrogens is 416 g/mol. The zero-order valence-electron chi connectivity index (χ0n) is 19.0. The number of hydrogen-bond acceptors (Lipinski definition) is 4. The summed E-state index contributed by atoms with van der Waals surface area (Å²) in [6.45, 7) is 8.96. The third-order valence-corrected chi connectivity index (χ3v) is 7.71. The van der Waals surface area contributed by atoms with Crippen LogP contribution in [-0.2, 0) is 9.73 Å². The van der Waals surface area contributed by atoms with Crippen molar-refractivity contribution in [2.45, 2.75) is 32.6 Å². The monoisotopic (exact) mass is 448 g/mol. The summed E-state index contributed by atoms with van der Waals surface area (Å²) in [6, 6.07) is 11.4. The van der Waals surface area contributed by atoms with Gasteiger partial charge in [-0.15, -0.1) is 0 Å². The van der Waals surface area contributed by atoms with E-state index in [1.807, 2.05) is 68.2 Å². The molecule has 2 aromatic carbocycles. The molecule has 164 valence electrons. The number of aryl methyl sites for hydroxylation is 1. The van der Waals surface area contributed by atoms with Crippen molar-refractivity contribution in [1.82, 2.24) is 4.90 Å². The van der Waals surface area contributed by atoms with Crippen LogP contribution in [0.2, 0.25) is 5.02 Å². The lowest BCUT2D eigenvalue weighted by Crippen LogP contribution is -2.14. The van der Waals surface area contributed by atoms with E-state index in [0.717, 1.165) is 17.8 Å². The van der Waals surface area contributed by atoms with Crippen LogP contribution in [0, 0.1) is 12.8 Å². The smallest absolute Gasteiger partial charge is 0.0910 e. The van der Waals surface area contributed by atoms with E-state index in [1.165, 1.54) is 0 Å². The zero-order valence-corrected chi connectivity index (χ0v) is 20.6. The molecule has 1 atom stereocenters. The maximum Gasteiger partial charge on any atom is 0.0910 e. The number of rotatable bonds is 8. The van der Waals surface area contributed by atoms with Crippen LogP contribution in [0.25, 0.3) is 0 Å². The Morgan fingerprint density at radius 2 is 1.77 bits per heavy atom. The first-order chi connectivity index (χ1) is 14.1. The maximum atomic E-state index is 14.1. The first kappa shape index (κ1) is 24.2. The van der Waals surface area contributed by atoms with Crippen molar-refractivity contribution in [3.8, 4) is 0 Å². The lowest BCUT2D eigenvalue weighted by atomic mass is 10.2. The van der Waals surface area contributed by atoms with Gasteiger partial charge in [-0.1, -0.05) is 25.4 Å². The van der Waals surface area contributed by atoms with E-state index in [9.17, 15) is 4.21 Å². The van der Waals surface area contributed by atoms with E-state index in [2.05, 4.69) is 25.8 Å². The van der Waals surface area contributed by atoms with Crippen molar-refractivity contribution < 1.29 is 4.21 Å². The van der Waals surface area contributed by atoms with Gasteiger partial charge in [0.05, 0.1) is 37.4 Å². The van der Waals surface area contributed by atoms with Crippen molar-refractivity contribution in [1.29, 1.82) is 0 Å². The molecule has 0 saturated heterocycles. The fourth-order valence-corrected chi connectivity index (χ4v) is 5.80. The summed E-state index contributed by atoms with van der Waals surface area (Å²) in [5.74, 6) is 0.678. The quantitative estimate of drug-likeness (QED) is 0.360. The lowest BCUT2D eigenvalue weighted by Gasteiger charge is -2.17. The Morgan fingerprint density at radius 1 is 1.13 bits per heavy atom. The summed E-state index contributed by atoms with van der Waals surface area (Å²) in [4.78, 5) is 9.14. The first-order valence-corrected chi connectivity index (χ1v) is 12.2. The molecule has 0 bridgehead atoms. The standard InChI is InChI=1S/C23H33ClN4OS/c1-8-28(7)16-25-22-13-18(4)23(14-21(22)24)30(29,15-17(2)3)26-19-9-11-20(12-10-19)27(5)6/h9-14,16-17H,8,15H2,1-7H3/b25-16-. The summed E-state index contributed by atoms with van der Waals surface area (Å²) in [5, 5.41) is 0.478. The first-order valence-electron chi connectivity index (χ1n) is 10.1. The summed E-state index contributed by atoms with van der Waals surface area (Å²) in [6.07, 6.45) is 1.75. The summed E-state index contributed by atoms with van der Waals surface area (Å²) in [7, 11) is 3.23. The van der Waals surface area contributed by atoms with Gasteiger partial charge in [0.15, 0.2) is 0 Å². The van der Waals surface area contributed by atoms with Crippen LogP contribution in [0.15, 0.2) is 50.6 Å². The second-order valence-electron chi connectivity index (χ2n) is 8.09. The summed E-state index contributed by atoms with van der Waals surface area (Å²) >= 11 is 6.52. The van der Waals surface area contributed by atoms with E-state index < -0.39 is 9.73 Å². The second kappa shape index (κ2) is 10.3. The van der Waals surface area contributed by atoms with Gasteiger partial charge in [-0.05, 0) is 61.7 Å². The van der Waals surface area contributed by atoms with Crippen molar-refractivity contribution in [2.75, 3.05) is 38.3 Å². The van der Waals surface area contributed by atoms with Crippen LogP contribution >= 0.6 is 11.6 Å². The minimum atomic E-state index is -2.69. The van der Waals surface area contributed by atoms with Gasteiger partial charge in [0, 0.05) is 39.1 Å². The largest absolute Gasteiger partial charge is 0.378 e. The molecule has 0 N–H and O–H groups in total. The third-order valence-electron chi connectivity index (χ3n) is 4.66. The zero-order chi connectivity index (χ0) is 22.5. The van der Waals surface area contributed by atoms with Crippen molar-refractivity contribution in [3.05, 3.63) is 47.0 Å². The Hall–Kier alpha value is -2.05. The number of nitrogens with zero attached hydrogens (tertiary/aromatic N) is 4. The average molecular weight is 449 g/mol. The number of aliphatic imine (C=N–C) groups is 1. The van der Waals surface area contributed by atoms with E-state index in [4.69, 9.17) is 16.0 Å². The summed E-state index contributed by atoms with van der Waals surface area (Å²) < 4.78 is 18.8. The van der Waals surface area contributed by atoms with Gasteiger partial charge in [0.1, 0.15) is 0 Å². The van der Waals surface area contributed by atoms with Gasteiger partial charge in [-0.25, -0.2) is 9.20 Å². The average Bonchev–Trinajstić information content (AvgIpc) is 2.67. The highest BCUT2D eigenvalue weighted by molar-refractivity contribution is 7.93. The maximum absolute atomic E-state index is 14.1. The minimum Gasteiger partial charge on any atom is -0.378 e. The van der Waals surface area contributed by atoms with E-state index in [0.29, 0.717) is 27.0 Å². The Kier molecular flexibility index (Phi) is 8.33. The van der Waals surface area contributed by atoms with Crippen LogP contribution < -0.4 is 4.90 Å². The molecule has 0 fully saturated rings. The van der Waals surface area contributed by atoms with Crippen molar-refractivity contribution >= 4 is 44.7 Å². The molecular formula is C23H33ClN4OS. The molecule has 0 aliphatic heterocycles. The van der Waals surface area contributed by atoms with Gasteiger partial charge in [0.25, 0.3) is 0 Å². The molecule has 2 rings (SSSR count). The normalized spacial score (nSPS) is 13.5. The Balaban J connectivity index is 2.56. The van der Waals surface area contributed by atoms with Crippen LogP contribution in [0.5, 0.6) is 0 Å². The number of anilines is 1. The molecule has 0 saturated carbocycles. The highest BCUT2D eigenvalue weighted by Gasteiger charge is 2.20. The van der Waals surface area contributed by atoms with Crippen molar-refractivity contribution in [2.24, 2.45) is 15.3 Å². The molecule has 2 aromatic rings. The fourth-order valence-electron chi connectivity index (χ4n) is 2.94. The predicted octanol–water partition coefficient (Wildman–Crippen LogP) is 6.14. The molecule has 0 amide bonds. The molecule has 0 heterocycles. The van der Waals surface area contributed by atoms with Gasteiger partial charge >= 0.3 is 0 Å². The highest BCUT2D eigenvalue weighted by atomic mass is 35.5. The van der Waals surface area contributed by atoms with E-state index in [1.54, 1.807) is 12.4 Å². The van der Waals surface area contributed by atoms with E-state index >= 15 is 0 Å². The highest BCUT2D eigenvalue weighted by Crippen LogP contribution is 2.34. The molecule has 0 aliphatic rings. The van der Waals surface area contributed by atoms with Crippen molar-refractivity contribution in [3.63, 3.8) is 0 Å². The molecule has 0 aromatic heterocycles. The molecule has 30 heavy (non-hydrogen) atoms. The molecule has 5 nitrogen and oxygen atoms in total. The van der Waals surface area contributed by atoms with Gasteiger partial charge < -0.3 is 9.80 Å². The molecule has 0 radical (unpaired) electrons. The Labute approximate surface area is 186 Å². The molecule has 7 heteroatoms. The van der Waals surface area contributed by atoms with Gasteiger partial charge in [-0.3, -0.25) is 0 Å². The second-order valence-corrected chi connectivity index (χ2v) is 10.7. The minimum absolute atomic E-state index is 0.219.